The quantitative estimate of drug-likeness (QED) is 0.136. The first-order chi connectivity index (χ1) is 73.6. The van der Waals surface area contributed by atoms with E-state index in [1.807, 2.05) is 248 Å². The van der Waals surface area contributed by atoms with Crippen molar-refractivity contribution in [3.63, 3.8) is 0 Å². The first kappa shape index (κ1) is 95.1. The summed E-state index contributed by atoms with van der Waals surface area (Å²) in [6.45, 7) is 15.8. The van der Waals surface area contributed by atoms with Crippen LogP contribution in [-0.2, 0) is 0 Å². The minimum Gasteiger partial charge on any atom is -0.456 e. The molecule has 29 aromatic rings. The van der Waals surface area contributed by atoms with Crippen molar-refractivity contribution < 1.29 is 8.83 Å². The zero-order valence-electron chi connectivity index (χ0n) is 83.9. The van der Waals surface area contributed by atoms with Gasteiger partial charge in [-0.05, 0) is 187 Å². The Hall–Kier alpha value is -19.7. The van der Waals surface area contributed by atoms with Gasteiger partial charge < -0.3 is 18.0 Å². The summed E-state index contributed by atoms with van der Waals surface area (Å²) in [5.41, 5.74) is 27.2. The monoisotopic (exact) mass is 1940 g/mol. The third-order valence-corrected chi connectivity index (χ3v) is 26.0. The van der Waals surface area contributed by atoms with Crippen LogP contribution in [0.3, 0.4) is 0 Å². The minimum atomic E-state index is 0.680. The predicted molar refractivity (Wildman–Crippen MR) is 614 cm³/mol. The second kappa shape index (κ2) is 43.1. The summed E-state index contributed by atoms with van der Waals surface area (Å²) in [6.07, 6.45) is 5.46. The van der Waals surface area contributed by atoms with Gasteiger partial charge in [-0.3, -0.25) is 9.97 Å². The fraction of sp³-hybridized carbons (Fsp3) is 0.0606. The number of fused-ring (bicyclic) bond motifs is 21. The molecule has 0 radical (unpaired) electrons. The van der Waals surface area contributed by atoms with Gasteiger partial charge in [0, 0.05) is 122 Å². The number of furan rings is 2. The van der Waals surface area contributed by atoms with Gasteiger partial charge >= 0.3 is 0 Å². The summed E-state index contributed by atoms with van der Waals surface area (Å²) in [4.78, 5) is 63.2. The molecule has 150 heavy (non-hydrogen) atoms. The number of benzene rings is 19. The van der Waals surface area contributed by atoms with Crippen molar-refractivity contribution in [2.45, 2.75) is 55.4 Å². The van der Waals surface area contributed by atoms with Crippen molar-refractivity contribution in [2.24, 2.45) is 0 Å². The van der Waals surface area contributed by atoms with Crippen LogP contribution >= 0.6 is 0 Å². The average molecular weight is 1940 g/mol. The molecule has 0 fully saturated rings. The van der Waals surface area contributed by atoms with Crippen molar-refractivity contribution in [1.29, 1.82) is 0 Å². The Morgan fingerprint density at radius 1 is 0.187 bits per heavy atom. The Labute approximate surface area is 865 Å². The number of nitrogens with zero attached hydrogens (tertiary/aromatic N) is 16. The molecule has 18 nitrogen and oxygen atoms in total. The molecule has 18 heteroatoms. The van der Waals surface area contributed by atoms with Crippen LogP contribution in [0.2, 0.25) is 0 Å². The Morgan fingerprint density at radius 3 is 1.20 bits per heavy atom. The molecule has 0 amide bonds. The maximum absolute atomic E-state index is 5.73. The lowest BCUT2D eigenvalue weighted by Crippen LogP contribution is -2.00. The highest BCUT2D eigenvalue weighted by molar-refractivity contribution is 6.23. The predicted octanol–water partition coefficient (Wildman–Crippen LogP) is 32.7. The molecule has 0 N–H and O–H groups in total. The van der Waals surface area contributed by atoms with Crippen LogP contribution in [0.15, 0.2) is 470 Å². The van der Waals surface area contributed by atoms with E-state index < -0.39 is 0 Å². The van der Waals surface area contributed by atoms with Crippen LogP contribution in [0.5, 0.6) is 0 Å². The molecule has 10 aromatic heterocycles. The van der Waals surface area contributed by atoms with Crippen molar-refractivity contribution in [1.82, 2.24) is 78.9 Å². The zero-order chi connectivity index (χ0) is 102. The lowest BCUT2D eigenvalue weighted by molar-refractivity contribution is 0.668. The SMILES string of the molecule is Cc1ccc2c(c1)oc1ccccc12.Cc1ccc2oc3ccccc3c2c1.Cc1cnc2c3ccccc3c3ccccc3c2n1.Cc1cnc2ccccc2n1.Cc1nc(-c2ccccc2)c2ccccc2n1.Cc1nc(-c2ccccc2)nc(-c2ccc3c(c2)c2ccccc2n3-c2ccccc2)n1.Cc1nc(-c2ccccc2)nc(-c2cccc(-n3c4ccccc4c4ccccc43)c2)n1.Cc1ncc2ccccc2n1. The van der Waals surface area contributed by atoms with Crippen LogP contribution in [0.1, 0.15) is 45.8 Å². The van der Waals surface area contributed by atoms with E-state index in [0.717, 1.165) is 140 Å². The van der Waals surface area contributed by atoms with Crippen molar-refractivity contribution in [3.8, 4) is 68.2 Å². The van der Waals surface area contributed by atoms with Crippen LogP contribution < -0.4 is 0 Å². The summed E-state index contributed by atoms with van der Waals surface area (Å²) < 4.78 is 16.1. The molecule has 720 valence electrons. The Balaban J connectivity index is 0.000000100. The van der Waals surface area contributed by atoms with Gasteiger partial charge in [0.05, 0.1) is 72.2 Å². The number of aromatic nitrogens is 16. The van der Waals surface area contributed by atoms with E-state index in [4.69, 9.17) is 23.8 Å². The van der Waals surface area contributed by atoms with Crippen LogP contribution in [0.25, 0.3) is 221 Å². The van der Waals surface area contributed by atoms with E-state index in [-0.39, 0.29) is 0 Å². The van der Waals surface area contributed by atoms with Gasteiger partial charge in [-0.15, -0.1) is 0 Å². The molecular formula is C132H100N16O2. The third-order valence-electron chi connectivity index (χ3n) is 26.0. The van der Waals surface area contributed by atoms with E-state index in [1.165, 1.54) is 92.3 Å². The highest BCUT2D eigenvalue weighted by Gasteiger charge is 2.20. The number of para-hydroxylation sites is 10. The van der Waals surface area contributed by atoms with Crippen LogP contribution in [0.4, 0.5) is 0 Å². The first-order valence-corrected chi connectivity index (χ1v) is 49.8. The van der Waals surface area contributed by atoms with E-state index in [0.29, 0.717) is 34.9 Å². The second-order valence-corrected chi connectivity index (χ2v) is 36.6. The van der Waals surface area contributed by atoms with Crippen molar-refractivity contribution in [2.75, 3.05) is 0 Å². The summed E-state index contributed by atoms with van der Waals surface area (Å²) in [5, 5.41) is 16.7. The van der Waals surface area contributed by atoms with Gasteiger partial charge in [0.15, 0.2) is 23.3 Å². The molecule has 10 heterocycles. The molecule has 0 bridgehead atoms. The number of aryl methyl sites for hydroxylation is 8. The number of rotatable bonds is 7. The molecule has 0 atom stereocenters. The third kappa shape index (κ3) is 20.5. The standard InChI is InChI=1S/2C28H20N4.C17H12N2.C15H12N2.2C13H10O.2C9H8N2/c1-19-29-27(20-10-4-2-5-11-20)31-28(30-19)21-16-17-26-24(18-21)23-14-8-9-15-25(23)32(26)22-12-6-3-7-13-22;1-19-29-27(20-10-3-2-4-11-20)31-28(30-19)21-12-9-13-22(18-21)32-25-16-7-5-14-23(25)24-15-6-8-17-26(24)32;1-11-10-18-16-14-8-4-2-6-12(14)13-7-3-5-9-15(13)17(16)19-11;1-11-16-14-10-6-5-9-13(14)15(17-11)12-7-3-2-4-8-12;1-9-6-7-13-11(8-9)10-4-2-3-5-12(10)14-13;1-9-6-7-11-10-4-2-3-5-12(10)14-13(11)8-9;1-7-10-6-8-4-2-3-5-9(8)11-7;1-7-6-10-8-4-2-3-5-9(8)11-7/h2*2-18H,1H3;2-10H,1H3;2-10H,1H3;2*2-8H,1H3;2*2-6H,1H3. The molecule has 0 saturated carbocycles. The Morgan fingerprint density at radius 2 is 0.587 bits per heavy atom. The highest BCUT2D eigenvalue weighted by Crippen LogP contribution is 2.40. The van der Waals surface area contributed by atoms with Crippen LogP contribution in [-0.4, -0.2) is 78.9 Å². The van der Waals surface area contributed by atoms with Gasteiger partial charge in [-0.2, -0.15) is 0 Å². The van der Waals surface area contributed by atoms with Gasteiger partial charge in [0.25, 0.3) is 0 Å². The molecule has 0 spiro atoms. The van der Waals surface area contributed by atoms with Crippen LogP contribution in [0, 0.1) is 55.4 Å². The van der Waals surface area contributed by atoms with Crippen molar-refractivity contribution >= 4 is 153 Å². The largest absolute Gasteiger partial charge is 0.456 e. The molecular weight excluding hydrogens is 1840 g/mol. The van der Waals surface area contributed by atoms with Gasteiger partial charge in [-0.1, -0.05) is 333 Å². The smallest absolute Gasteiger partial charge is 0.163 e. The average Bonchev–Trinajstić information content (AvgIpc) is 1.71. The summed E-state index contributed by atoms with van der Waals surface area (Å²) in [7, 11) is 0. The van der Waals surface area contributed by atoms with E-state index >= 15 is 0 Å². The molecule has 0 aliphatic rings. The van der Waals surface area contributed by atoms with Crippen molar-refractivity contribution in [3.05, 3.63) is 507 Å². The second-order valence-electron chi connectivity index (χ2n) is 36.6. The fourth-order valence-electron chi connectivity index (χ4n) is 19.1. The van der Waals surface area contributed by atoms with Gasteiger partial charge in [0.1, 0.15) is 45.6 Å². The number of hydrogen-bond acceptors (Lipinski definition) is 16. The summed E-state index contributed by atoms with van der Waals surface area (Å²) >= 11 is 0. The molecule has 0 aliphatic carbocycles. The molecule has 0 aliphatic heterocycles. The fourth-order valence-corrected chi connectivity index (χ4v) is 19.1. The van der Waals surface area contributed by atoms with Gasteiger partial charge in [0.2, 0.25) is 0 Å². The highest BCUT2D eigenvalue weighted by atomic mass is 16.3. The lowest BCUT2D eigenvalue weighted by atomic mass is 9.99. The van der Waals surface area contributed by atoms with E-state index in [9.17, 15) is 0 Å². The normalized spacial score (nSPS) is 11.1. The Kier molecular flexibility index (Phi) is 27.3. The molecule has 29 rings (SSSR count). The molecule has 0 unspecified atom stereocenters. The Bertz CT molecular complexity index is 9820. The first-order valence-electron chi connectivity index (χ1n) is 49.8. The lowest BCUT2D eigenvalue weighted by Gasteiger charge is -2.10. The maximum atomic E-state index is 5.73. The topological polar surface area (TPSA) is 217 Å². The summed E-state index contributed by atoms with van der Waals surface area (Å²) in [6, 6.07) is 151. The molecule has 0 saturated heterocycles. The minimum absolute atomic E-state index is 0.680. The van der Waals surface area contributed by atoms with Gasteiger partial charge in [-0.25, -0.2) is 59.8 Å². The maximum Gasteiger partial charge on any atom is 0.163 e. The number of hydrogen-bond donors (Lipinski definition) is 0. The van der Waals surface area contributed by atoms with E-state index in [2.05, 4.69) is 327 Å². The zero-order valence-corrected chi connectivity index (χ0v) is 83.9. The van der Waals surface area contributed by atoms with E-state index in [1.54, 1.807) is 6.20 Å². The summed E-state index contributed by atoms with van der Waals surface area (Å²) in [5.74, 6) is 5.80. The molecule has 19 aromatic carbocycles.